The van der Waals surface area contributed by atoms with Gasteiger partial charge in [-0.05, 0) is 37.5 Å². The Kier molecular flexibility index (Phi) is 4.32. The lowest BCUT2D eigenvalue weighted by Crippen LogP contribution is -2.55. The lowest BCUT2D eigenvalue weighted by Gasteiger charge is -2.40. The van der Waals surface area contributed by atoms with Crippen LogP contribution < -0.4 is 0 Å². The molecule has 2 amide bonds. The van der Waals surface area contributed by atoms with Crippen molar-refractivity contribution in [1.82, 2.24) is 9.80 Å². The van der Waals surface area contributed by atoms with Gasteiger partial charge in [0, 0.05) is 19.6 Å². The first kappa shape index (κ1) is 14.2. The van der Waals surface area contributed by atoms with E-state index >= 15 is 0 Å². The number of rotatable bonds is 1. The number of carbonyl (C=O) groups excluding carboxylic acids is 1. The van der Waals surface area contributed by atoms with Gasteiger partial charge in [-0.1, -0.05) is 13.8 Å². The van der Waals surface area contributed by atoms with Crippen LogP contribution in [0.2, 0.25) is 0 Å². The van der Waals surface area contributed by atoms with Crippen LogP contribution in [-0.2, 0) is 4.79 Å². The van der Waals surface area contributed by atoms with Gasteiger partial charge in [0.2, 0.25) is 0 Å². The van der Waals surface area contributed by atoms with Gasteiger partial charge in [-0.3, -0.25) is 0 Å². The molecule has 0 spiro atoms. The summed E-state index contributed by atoms with van der Waals surface area (Å²) in [7, 11) is 0. The quantitative estimate of drug-likeness (QED) is 0.791. The molecule has 0 aromatic rings. The Bertz CT molecular complexity index is 351. The number of carboxylic acids is 1. The number of nitrogens with zero attached hydrogens (tertiary/aromatic N) is 2. The third-order valence-corrected chi connectivity index (χ3v) is 4.45. The van der Waals surface area contributed by atoms with E-state index < -0.39 is 12.0 Å². The van der Waals surface area contributed by atoms with E-state index in [0.29, 0.717) is 24.8 Å². The van der Waals surface area contributed by atoms with Crippen molar-refractivity contribution in [1.29, 1.82) is 0 Å². The largest absolute Gasteiger partial charge is 0.480 e. The molecule has 1 N–H and O–H groups in total. The molecule has 2 heterocycles. The summed E-state index contributed by atoms with van der Waals surface area (Å²) in [6.45, 7) is 6.35. The van der Waals surface area contributed by atoms with Crippen molar-refractivity contribution in [2.24, 2.45) is 11.8 Å². The van der Waals surface area contributed by atoms with E-state index in [1.165, 1.54) is 0 Å². The van der Waals surface area contributed by atoms with Crippen LogP contribution in [-0.4, -0.2) is 52.6 Å². The summed E-state index contributed by atoms with van der Waals surface area (Å²) in [5.41, 5.74) is 0. The zero-order valence-corrected chi connectivity index (χ0v) is 11.8. The number of likely N-dealkylation sites (tertiary alicyclic amines) is 2. The molecule has 2 saturated heterocycles. The molecule has 2 atom stereocenters. The van der Waals surface area contributed by atoms with Crippen LogP contribution in [0, 0.1) is 11.8 Å². The average molecular weight is 268 g/mol. The zero-order valence-electron chi connectivity index (χ0n) is 11.8. The fourth-order valence-electron chi connectivity index (χ4n) is 2.99. The van der Waals surface area contributed by atoms with E-state index in [1.807, 2.05) is 4.90 Å². The molecule has 0 saturated carbocycles. The molecule has 2 aliphatic rings. The van der Waals surface area contributed by atoms with Gasteiger partial charge in [0.05, 0.1) is 0 Å². The summed E-state index contributed by atoms with van der Waals surface area (Å²) in [5.74, 6) is 0.178. The minimum atomic E-state index is -0.870. The maximum Gasteiger partial charge on any atom is 0.326 e. The highest BCUT2D eigenvalue weighted by molar-refractivity contribution is 5.83. The number of hydrogen-bond donors (Lipinski definition) is 1. The molecular formula is C14H24N2O3. The smallest absolute Gasteiger partial charge is 0.326 e. The van der Waals surface area contributed by atoms with Crippen LogP contribution in [0.4, 0.5) is 4.79 Å². The fourth-order valence-corrected chi connectivity index (χ4v) is 2.99. The Balaban J connectivity index is 2.02. The number of carbonyl (C=O) groups is 2. The van der Waals surface area contributed by atoms with Crippen molar-refractivity contribution >= 4 is 12.0 Å². The normalized spacial score (nSPS) is 29.4. The summed E-state index contributed by atoms with van der Waals surface area (Å²) in [6.07, 6.45) is 3.52. The van der Waals surface area contributed by atoms with Gasteiger partial charge in [0.15, 0.2) is 0 Å². The van der Waals surface area contributed by atoms with Crippen molar-refractivity contribution in [3.8, 4) is 0 Å². The first-order chi connectivity index (χ1) is 8.99. The summed E-state index contributed by atoms with van der Waals surface area (Å²) in [5, 5.41) is 9.30. The molecule has 0 aliphatic carbocycles. The maximum atomic E-state index is 12.5. The summed E-state index contributed by atoms with van der Waals surface area (Å²) >= 11 is 0. The molecular weight excluding hydrogens is 244 g/mol. The lowest BCUT2D eigenvalue weighted by atomic mass is 9.92. The van der Waals surface area contributed by atoms with Gasteiger partial charge in [-0.15, -0.1) is 0 Å². The second kappa shape index (κ2) is 5.80. The summed E-state index contributed by atoms with van der Waals surface area (Å²) in [4.78, 5) is 27.2. The van der Waals surface area contributed by atoms with Crippen LogP contribution in [0.3, 0.4) is 0 Å². The third-order valence-electron chi connectivity index (χ3n) is 4.45. The van der Waals surface area contributed by atoms with Gasteiger partial charge in [-0.25, -0.2) is 9.59 Å². The Labute approximate surface area is 114 Å². The highest BCUT2D eigenvalue weighted by atomic mass is 16.4. The molecule has 0 bridgehead atoms. The number of urea groups is 1. The summed E-state index contributed by atoms with van der Waals surface area (Å²) < 4.78 is 0. The third kappa shape index (κ3) is 3.19. The molecule has 0 aromatic heterocycles. The first-order valence-corrected chi connectivity index (χ1v) is 7.27. The molecule has 5 heteroatoms. The fraction of sp³-hybridized carbons (Fsp3) is 0.857. The standard InChI is InChI=1S/C14H24N2O3/c1-10-3-6-15(7-4-10)14(19)16-8-5-11(2)9-12(16)13(17)18/h10-12H,3-9H2,1-2H3,(H,17,18). The molecule has 0 radical (unpaired) electrons. The van der Waals surface area contributed by atoms with Crippen LogP contribution in [0.15, 0.2) is 0 Å². The topological polar surface area (TPSA) is 60.9 Å². The Morgan fingerprint density at radius 1 is 1.00 bits per heavy atom. The van der Waals surface area contributed by atoms with E-state index in [2.05, 4.69) is 13.8 Å². The minimum Gasteiger partial charge on any atom is -0.480 e. The molecule has 0 aromatic carbocycles. The zero-order chi connectivity index (χ0) is 14.0. The molecule has 2 aliphatic heterocycles. The van der Waals surface area contributed by atoms with Gasteiger partial charge in [-0.2, -0.15) is 0 Å². The van der Waals surface area contributed by atoms with E-state index in [-0.39, 0.29) is 6.03 Å². The maximum absolute atomic E-state index is 12.5. The number of aliphatic carboxylic acids is 1. The number of hydrogen-bond acceptors (Lipinski definition) is 2. The molecule has 108 valence electrons. The number of piperidine rings is 2. The highest BCUT2D eigenvalue weighted by Crippen LogP contribution is 2.25. The SMILES string of the molecule is CC1CCN(C(=O)N2CCC(C)CC2C(=O)O)CC1. The van der Waals surface area contributed by atoms with Crippen LogP contribution in [0.25, 0.3) is 0 Å². The second-order valence-electron chi connectivity index (χ2n) is 6.13. The highest BCUT2D eigenvalue weighted by Gasteiger charge is 2.37. The van der Waals surface area contributed by atoms with E-state index in [0.717, 1.165) is 32.4 Å². The van der Waals surface area contributed by atoms with Crippen molar-refractivity contribution in [2.45, 2.75) is 45.6 Å². The van der Waals surface area contributed by atoms with Crippen LogP contribution >= 0.6 is 0 Å². The van der Waals surface area contributed by atoms with Gasteiger partial charge in [0.1, 0.15) is 6.04 Å². The van der Waals surface area contributed by atoms with E-state index in [4.69, 9.17) is 0 Å². The first-order valence-electron chi connectivity index (χ1n) is 7.27. The van der Waals surface area contributed by atoms with Crippen molar-refractivity contribution in [3.63, 3.8) is 0 Å². The Morgan fingerprint density at radius 3 is 2.16 bits per heavy atom. The summed E-state index contributed by atoms with van der Waals surface area (Å²) in [6, 6.07) is -0.721. The monoisotopic (exact) mass is 268 g/mol. The van der Waals surface area contributed by atoms with Crippen molar-refractivity contribution in [3.05, 3.63) is 0 Å². The predicted molar refractivity (Wildman–Crippen MR) is 71.9 cm³/mol. The Morgan fingerprint density at radius 2 is 1.58 bits per heavy atom. The number of carboxylic acid groups (broad SMARTS) is 1. The average Bonchev–Trinajstić information content (AvgIpc) is 2.38. The molecule has 19 heavy (non-hydrogen) atoms. The lowest BCUT2D eigenvalue weighted by molar-refractivity contribution is -0.144. The van der Waals surface area contributed by atoms with Crippen molar-refractivity contribution < 1.29 is 14.7 Å². The second-order valence-corrected chi connectivity index (χ2v) is 6.13. The van der Waals surface area contributed by atoms with E-state index in [1.54, 1.807) is 4.90 Å². The predicted octanol–water partition coefficient (Wildman–Crippen LogP) is 2.02. The molecule has 5 nitrogen and oxygen atoms in total. The van der Waals surface area contributed by atoms with Gasteiger partial charge >= 0.3 is 12.0 Å². The van der Waals surface area contributed by atoms with Gasteiger partial charge < -0.3 is 14.9 Å². The van der Waals surface area contributed by atoms with Crippen LogP contribution in [0.1, 0.15) is 39.5 Å². The Hall–Kier alpha value is -1.26. The van der Waals surface area contributed by atoms with E-state index in [9.17, 15) is 14.7 Å². The van der Waals surface area contributed by atoms with Crippen molar-refractivity contribution in [2.75, 3.05) is 19.6 Å². The molecule has 2 unspecified atom stereocenters. The molecule has 2 rings (SSSR count). The van der Waals surface area contributed by atoms with Gasteiger partial charge in [0.25, 0.3) is 0 Å². The minimum absolute atomic E-state index is 0.0776. The molecule has 2 fully saturated rings. The van der Waals surface area contributed by atoms with Crippen LogP contribution in [0.5, 0.6) is 0 Å². The number of amides is 2.